The molecule has 0 unspecified atom stereocenters. The summed E-state index contributed by atoms with van der Waals surface area (Å²) < 4.78 is 1.77. The Balaban J connectivity index is 1.66. The van der Waals surface area contributed by atoms with Gasteiger partial charge in [0.15, 0.2) is 5.69 Å². The highest BCUT2D eigenvalue weighted by Crippen LogP contribution is 2.01. The Hall–Kier alpha value is -3.30. The van der Waals surface area contributed by atoms with E-state index in [1.54, 1.807) is 4.68 Å². The van der Waals surface area contributed by atoms with Gasteiger partial charge in [0.25, 0.3) is 0 Å². The summed E-state index contributed by atoms with van der Waals surface area (Å²) in [7, 11) is 0. The van der Waals surface area contributed by atoms with Crippen LogP contribution in [0.5, 0.6) is 0 Å². The maximum absolute atomic E-state index is 4.06. The van der Waals surface area contributed by atoms with Crippen LogP contribution in [0.15, 0.2) is 66.9 Å². The quantitative estimate of drug-likeness (QED) is 0.677. The molecule has 1 heterocycles. The van der Waals surface area contributed by atoms with Gasteiger partial charge >= 0.3 is 0 Å². The maximum atomic E-state index is 4.06. The van der Waals surface area contributed by atoms with E-state index >= 15 is 0 Å². The van der Waals surface area contributed by atoms with E-state index in [1.807, 2.05) is 54.7 Å². The van der Waals surface area contributed by atoms with E-state index < -0.39 is 0 Å². The predicted octanol–water partition coefficient (Wildman–Crippen LogP) is 2.73. The molecule has 0 saturated heterocycles. The number of nitrogens with zero attached hydrogens (tertiary/aromatic N) is 3. The molecule has 22 heavy (non-hydrogen) atoms. The molecule has 0 amide bonds. The van der Waals surface area contributed by atoms with Gasteiger partial charge in [-0.05, 0) is 35.5 Å². The SMILES string of the molecule is C(C#Cc1cn(Cc2ccccc2)nn1)#Cc1ccccc1. The zero-order chi connectivity index (χ0) is 15.0. The summed E-state index contributed by atoms with van der Waals surface area (Å²) >= 11 is 0. The Morgan fingerprint density at radius 1 is 0.818 bits per heavy atom. The summed E-state index contributed by atoms with van der Waals surface area (Å²) in [4.78, 5) is 0. The molecule has 0 aliphatic rings. The second-order valence-electron chi connectivity index (χ2n) is 4.65. The largest absolute Gasteiger partial charge is 0.247 e. The lowest BCUT2D eigenvalue weighted by Gasteiger charge is -1.98. The first-order valence-electron chi connectivity index (χ1n) is 6.91. The molecule has 0 fully saturated rings. The van der Waals surface area contributed by atoms with Gasteiger partial charge in [0.2, 0.25) is 0 Å². The van der Waals surface area contributed by atoms with E-state index in [-0.39, 0.29) is 0 Å². The lowest BCUT2D eigenvalue weighted by Crippen LogP contribution is -1.99. The summed E-state index contributed by atoms with van der Waals surface area (Å²) in [5.74, 6) is 11.5. The summed E-state index contributed by atoms with van der Waals surface area (Å²) in [6.45, 7) is 0.686. The topological polar surface area (TPSA) is 30.7 Å². The molecular weight excluding hydrogens is 270 g/mol. The minimum absolute atomic E-state index is 0.623. The standard InChI is InChI=1S/C19H13N3/c1-3-9-17(10-4-1)11-7-8-14-19-16-22(21-20-19)15-18-12-5-2-6-13-18/h1-6,9-10,12-13,16H,15H2. The fourth-order valence-electron chi connectivity index (χ4n) is 1.92. The molecule has 0 bridgehead atoms. The smallest absolute Gasteiger partial charge is 0.156 e. The van der Waals surface area contributed by atoms with Crippen molar-refractivity contribution in [2.45, 2.75) is 6.54 Å². The van der Waals surface area contributed by atoms with Gasteiger partial charge in [-0.25, -0.2) is 4.68 Å². The van der Waals surface area contributed by atoms with Crippen LogP contribution < -0.4 is 0 Å². The minimum Gasteiger partial charge on any atom is -0.247 e. The van der Waals surface area contributed by atoms with Gasteiger partial charge in [0, 0.05) is 5.56 Å². The van der Waals surface area contributed by atoms with Crippen LogP contribution in [0.3, 0.4) is 0 Å². The van der Waals surface area contributed by atoms with E-state index in [9.17, 15) is 0 Å². The van der Waals surface area contributed by atoms with Crippen molar-refractivity contribution >= 4 is 0 Å². The molecule has 0 aliphatic carbocycles. The summed E-state index contributed by atoms with van der Waals surface area (Å²) in [5.41, 5.74) is 2.75. The van der Waals surface area contributed by atoms with Gasteiger partial charge in [-0.1, -0.05) is 59.7 Å². The monoisotopic (exact) mass is 283 g/mol. The van der Waals surface area contributed by atoms with E-state index in [1.165, 1.54) is 5.56 Å². The Kier molecular flexibility index (Phi) is 4.30. The highest BCUT2D eigenvalue weighted by molar-refractivity contribution is 5.42. The Morgan fingerprint density at radius 3 is 2.27 bits per heavy atom. The molecule has 0 saturated carbocycles. The van der Waals surface area contributed by atoms with Gasteiger partial charge in [0.1, 0.15) is 0 Å². The van der Waals surface area contributed by atoms with E-state index in [0.717, 1.165) is 5.56 Å². The molecule has 3 rings (SSSR count). The molecule has 104 valence electrons. The van der Waals surface area contributed by atoms with Crippen molar-refractivity contribution in [2.75, 3.05) is 0 Å². The first-order valence-corrected chi connectivity index (χ1v) is 6.91. The third-order valence-electron chi connectivity index (χ3n) is 2.96. The fourth-order valence-corrected chi connectivity index (χ4v) is 1.92. The van der Waals surface area contributed by atoms with E-state index in [2.05, 4.69) is 46.1 Å². The van der Waals surface area contributed by atoms with Crippen molar-refractivity contribution in [3.8, 4) is 23.7 Å². The molecule has 0 N–H and O–H groups in total. The van der Waals surface area contributed by atoms with Gasteiger partial charge < -0.3 is 0 Å². The number of hydrogen-bond donors (Lipinski definition) is 0. The molecular formula is C19H13N3. The average molecular weight is 283 g/mol. The molecule has 3 aromatic rings. The molecule has 2 aromatic carbocycles. The van der Waals surface area contributed by atoms with Crippen LogP contribution in [0.2, 0.25) is 0 Å². The third-order valence-corrected chi connectivity index (χ3v) is 2.96. The summed E-state index contributed by atoms with van der Waals surface area (Å²) in [6, 6.07) is 19.9. The molecule has 0 aliphatic heterocycles. The second-order valence-corrected chi connectivity index (χ2v) is 4.65. The minimum atomic E-state index is 0.623. The van der Waals surface area contributed by atoms with Crippen molar-refractivity contribution in [1.82, 2.24) is 15.0 Å². The van der Waals surface area contributed by atoms with Crippen LogP contribution in [0.25, 0.3) is 0 Å². The van der Waals surface area contributed by atoms with Crippen molar-refractivity contribution in [2.24, 2.45) is 0 Å². The first-order chi connectivity index (χ1) is 10.9. The van der Waals surface area contributed by atoms with Gasteiger partial charge in [0.05, 0.1) is 12.7 Å². The van der Waals surface area contributed by atoms with E-state index in [0.29, 0.717) is 12.2 Å². The molecule has 0 radical (unpaired) electrons. The van der Waals surface area contributed by atoms with Crippen molar-refractivity contribution in [3.05, 3.63) is 83.7 Å². The van der Waals surface area contributed by atoms with Gasteiger partial charge in [-0.2, -0.15) is 0 Å². The summed E-state index contributed by atoms with van der Waals surface area (Å²) in [6.07, 6.45) is 1.82. The highest BCUT2D eigenvalue weighted by atomic mass is 15.4. The molecule has 0 spiro atoms. The van der Waals surface area contributed by atoms with Crippen molar-refractivity contribution in [1.29, 1.82) is 0 Å². The van der Waals surface area contributed by atoms with Crippen LogP contribution in [0.4, 0.5) is 0 Å². The lowest BCUT2D eigenvalue weighted by molar-refractivity contribution is 0.649. The molecule has 3 nitrogen and oxygen atoms in total. The number of hydrogen-bond acceptors (Lipinski definition) is 2. The van der Waals surface area contributed by atoms with Crippen LogP contribution in [0, 0.1) is 23.7 Å². The Labute approximate surface area is 129 Å². The van der Waals surface area contributed by atoms with Crippen LogP contribution in [-0.4, -0.2) is 15.0 Å². The van der Waals surface area contributed by atoms with Crippen LogP contribution >= 0.6 is 0 Å². The number of benzene rings is 2. The Bertz CT molecular complexity index is 857. The van der Waals surface area contributed by atoms with E-state index in [4.69, 9.17) is 0 Å². The Morgan fingerprint density at radius 2 is 1.50 bits per heavy atom. The third kappa shape index (κ3) is 3.85. The first kappa shape index (κ1) is 13.7. The van der Waals surface area contributed by atoms with Crippen molar-refractivity contribution < 1.29 is 0 Å². The lowest BCUT2D eigenvalue weighted by atomic mass is 10.2. The number of aromatic nitrogens is 3. The van der Waals surface area contributed by atoms with Crippen molar-refractivity contribution in [3.63, 3.8) is 0 Å². The predicted molar refractivity (Wildman–Crippen MR) is 85.8 cm³/mol. The molecule has 0 atom stereocenters. The van der Waals surface area contributed by atoms with Crippen LogP contribution in [-0.2, 0) is 6.54 Å². The normalized spacial score (nSPS) is 9.27. The zero-order valence-corrected chi connectivity index (χ0v) is 11.9. The zero-order valence-electron chi connectivity index (χ0n) is 11.9. The van der Waals surface area contributed by atoms with Gasteiger partial charge in [-0.15, -0.1) is 5.10 Å². The fraction of sp³-hybridized carbons (Fsp3) is 0.0526. The molecule has 1 aromatic heterocycles. The highest BCUT2D eigenvalue weighted by Gasteiger charge is 1.98. The average Bonchev–Trinajstić information content (AvgIpc) is 3.01. The second kappa shape index (κ2) is 6.92. The van der Waals surface area contributed by atoms with Crippen LogP contribution in [0.1, 0.15) is 16.8 Å². The molecule has 3 heteroatoms. The summed E-state index contributed by atoms with van der Waals surface area (Å²) in [5, 5.41) is 8.09. The maximum Gasteiger partial charge on any atom is 0.156 e. The number of rotatable bonds is 2. The van der Waals surface area contributed by atoms with Gasteiger partial charge in [-0.3, -0.25) is 0 Å².